The number of nitrogens with zero attached hydrogens (tertiary/aromatic N) is 5. The molecule has 0 atom stereocenters. The molecule has 2 N–H and O–H groups in total. The third-order valence-corrected chi connectivity index (χ3v) is 7.13. The van der Waals surface area contributed by atoms with Crippen molar-refractivity contribution in [3.8, 4) is 5.69 Å². The lowest BCUT2D eigenvalue weighted by atomic mass is 9.89. The summed E-state index contributed by atoms with van der Waals surface area (Å²) < 4.78 is 3.35. The molecule has 1 aliphatic rings. The number of piperidine rings is 1. The van der Waals surface area contributed by atoms with Gasteiger partial charge in [-0.1, -0.05) is 30.3 Å². The highest BCUT2D eigenvalue weighted by Gasteiger charge is 2.21. The van der Waals surface area contributed by atoms with Crippen LogP contribution in [0.25, 0.3) is 16.7 Å². The number of fused-ring (bicyclic) bond motifs is 1. The van der Waals surface area contributed by atoms with Gasteiger partial charge in [-0.15, -0.1) is 6.58 Å². The van der Waals surface area contributed by atoms with Crippen molar-refractivity contribution in [3.05, 3.63) is 88.9 Å². The third kappa shape index (κ3) is 5.08. The number of nitrogens with one attached hydrogen (secondary N) is 1. The minimum Gasteiger partial charge on any atom is -0.386 e. The Morgan fingerprint density at radius 2 is 1.89 bits per heavy atom. The SMILES string of the molecule is C=CCn1c(=O)c2cnc(Nc3ccc(C4CCN(C)CC4)cc3)nc2n1-c1cccc(C(C)(C)O)c1. The maximum Gasteiger partial charge on any atom is 0.278 e. The van der Waals surface area contributed by atoms with Crippen molar-refractivity contribution in [1.29, 1.82) is 0 Å². The number of likely N-dealkylation sites (tertiary alicyclic amines) is 1. The van der Waals surface area contributed by atoms with Crippen molar-refractivity contribution < 1.29 is 5.11 Å². The first-order chi connectivity index (χ1) is 17.7. The highest BCUT2D eigenvalue weighted by atomic mass is 16.3. The molecule has 37 heavy (non-hydrogen) atoms. The number of allylic oxidation sites excluding steroid dienone is 1. The van der Waals surface area contributed by atoms with Gasteiger partial charge in [0.1, 0.15) is 5.39 Å². The lowest BCUT2D eigenvalue weighted by Crippen LogP contribution is -2.29. The molecule has 1 fully saturated rings. The molecule has 0 saturated carbocycles. The van der Waals surface area contributed by atoms with Gasteiger partial charge in [-0.25, -0.2) is 14.3 Å². The van der Waals surface area contributed by atoms with Gasteiger partial charge in [-0.3, -0.25) is 4.79 Å². The van der Waals surface area contributed by atoms with Crippen LogP contribution < -0.4 is 10.9 Å². The molecule has 192 valence electrons. The van der Waals surface area contributed by atoms with Crippen molar-refractivity contribution in [3.63, 3.8) is 0 Å². The van der Waals surface area contributed by atoms with E-state index in [1.807, 2.05) is 24.3 Å². The van der Waals surface area contributed by atoms with E-state index in [2.05, 4.69) is 53.1 Å². The zero-order valence-corrected chi connectivity index (χ0v) is 21.7. The first-order valence-corrected chi connectivity index (χ1v) is 12.7. The second kappa shape index (κ2) is 9.95. The predicted molar refractivity (Wildman–Crippen MR) is 148 cm³/mol. The summed E-state index contributed by atoms with van der Waals surface area (Å²) in [7, 11) is 2.18. The van der Waals surface area contributed by atoms with Crippen LogP contribution >= 0.6 is 0 Å². The highest BCUT2D eigenvalue weighted by molar-refractivity contribution is 5.77. The summed E-state index contributed by atoms with van der Waals surface area (Å²) >= 11 is 0. The molecule has 2 aromatic heterocycles. The minimum absolute atomic E-state index is 0.197. The standard InChI is InChI=1S/C29H34N6O2/c1-5-15-34-27(36)25-19-30-28(31-23-11-9-20(10-12-23)21-13-16-33(4)17-14-21)32-26(25)35(34)24-8-6-7-22(18-24)29(2,3)37/h5-12,18-19,21,37H,1,13-17H2,2-4H3,(H,30,31,32). The molecule has 2 aromatic carbocycles. The van der Waals surface area contributed by atoms with E-state index in [1.165, 1.54) is 18.4 Å². The molecule has 8 nitrogen and oxygen atoms in total. The van der Waals surface area contributed by atoms with Crippen molar-refractivity contribution in [2.45, 2.75) is 44.8 Å². The number of hydrogen-bond acceptors (Lipinski definition) is 6. The topological polar surface area (TPSA) is 88.2 Å². The fourth-order valence-electron chi connectivity index (χ4n) is 4.97. The number of hydrogen-bond donors (Lipinski definition) is 2. The summed E-state index contributed by atoms with van der Waals surface area (Å²) in [4.78, 5) is 24.8. The summed E-state index contributed by atoms with van der Waals surface area (Å²) in [5, 5.41) is 14.3. The number of aliphatic hydroxyl groups is 1. The average molecular weight is 499 g/mol. The Bertz CT molecular complexity index is 1470. The normalized spacial score (nSPS) is 15.2. The van der Waals surface area contributed by atoms with Gasteiger partial charge in [-0.2, -0.15) is 4.98 Å². The van der Waals surface area contributed by atoms with Crippen LogP contribution in [0.2, 0.25) is 0 Å². The van der Waals surface area contributed by atoms with Crippen LogP contribution in [0, 0.1) is 0 Å². The van der Waals surface area contributed by atoms with Crippen LogP contribution in [0.15, 0.2) is 72.2 Å². The number of benzene rings is 2. The summed E-state index contributed by atoms with van der Waals surface area (Å²) in [6.45, 7) is 9.85. The van der Waals surface area contributed by atoms with Crippen LogP contribution in [0.5, 0.6) is 0 Å². The molecule has 3 heterocycles. The van der Waals surface area contributed by atoms with Crippen molar-refractivity contribution in [2.24, 2.45) is 0 Å². The molecule has 4 aromatic rings. The molecule has 0 radical (unpaired) electrons. The van der Waals surface area contributed by atoms with E-state index in [0.29, 0.717) is 29.4 Å². The summed E-state index contributed by atoms with van der Waals surface area (Å²) in [5.41, 5.74) is 2.97. The molecule has 0 amide bonds. The number of rotatable bonds is 7. The lowest BCUT2D eigenvalue weighted by molar-refractivity contribution is 0.0786. The zero-order chi connectivity index (χ0) is 26.2. The Morgan fingerprint density at radius 1 is 1.16 bits per heavy atom. The summed E-state index contributed by atoms with van der Waals surface area (Å²) in [5.74, 6) is 0.999. The van der Waals surface area contributed by atoms with Crippen molar-refractivity contribution in [2.75, 3.05) is 25.5 Å². The molecule has 0 aliphatic carbocycles. The number of anilines is 2. The Labute approximate surface area is 216 Å². The quantitative estimate of drug-likeness (QED) is 0.364. The van der Waals surface area contributed by atoms with Gasteiger partial charge in [0.05, 0.1) is 17.8 Å². The van der Waals surface area contributed by atoms with Crippen LogP contribution in [0.1, 0.15) is 43.7 Å². The zero-order valence-electron chi connectivity index (χ0n) is 21.7. The Hall–Kier alpha value is -3.75. The summed E-state index contributed by atoms with van der Waals surface area (Å²) in [6, 6.07) is 16.0. The first kappa shape index (κ1) is 24.9. The van der Waals surface area contributed by atoms with Crippen LogP contribution in [0.3, 0.4) is 0 Å². The Morgan fingerprint density at radius 3 is 2.57 bits per heavy atom. The van der Waals surface area contributed by atoms with Crippen LogP contribution in [0.4, 0.5) is 11.6 Å². The second-order valence-corrected chi connectivity index (χ2v) is 10.4. The van der Waals surface area contributed by atoms with Crippen molar-refractivity contribution >= 4 is 22.7 Å². The van der Waals surface area contributed by atoms with Gasteiger partial charge in [0, 0.05) is 11.9 Å². The maximum atomic E-state index is 13.2. The van der Waals surface area contributed by atoms with E-state index >= 15 is 0 Å². The van der Waals surface area contributed by atoms with E-state index < -0.39 is 5.60 Å². The summed E-state index contributed by atoms with van der Waals surface area (Å²) in [6.07, 6.45) is 5.60. The van der Waals surface area contributed by atoms with E-state index in [1.54, 1.807) is 35.5 Å². The van der Waals surface area contributed by atoms with E-state index in [4.69, 9.17) is 4.98 Å². The lowest BCUT2D eigenvalue weighted by Gasteiger charge is -2.29. The molecule has 1 saturated heterocycles. The van der Waals surface area contributed by atoms with E-state index in [-0.39, 0.29) is 5.56 Å². The van der Waals surface area contributed by atoms with E-state index in [0.717, 1.165) is 30.0 Å². The maximum absolute atomic E-state index is 13.2. The average Bonchev–Trinajstić information content (AvgIpc) is 3.15. The van der Waals surface area contributed by atoms with Crippen molar-refractivity contribution in [1.82, 2.24) is 24.2 Å². The molecular weight excluding hydrogens is 464 g/mol. The first-order valence-electron chi connectivity index (χ1n) is 12.7. The smallest absolute Gasteiger partial charge is 0.278 e. The van der Waals surface area contributed by atoms with Gasteiger partial charge in [0.15, 0.2) is 5.65 Å². The fraction of sp³-hybridized carbons (Fsp3) is 0.345. The van der Waals surface area contributed by atoms with Gasteiger partial charge in [0.2, 0.25) is 5.95 Å². The molecule has 0 unspecified atom stereocenters. The van der Waals surface area contributed by atoms with Gasteiger partial charge >= 0.3 is 0 Å². The minimum atomic E-state index is -1.02. The predicted octanol–water partition coefficient (Wildman–Crippen LogP) is 4.55. The monoisotopic (exact) mass is 498 g/mol. The molecule has 1 aliphatic heterocycles. The van der Waals surface area contributed by atoms with Gasteiger partial charge in [0.25, 0.3) is 5.56 Å². The molecular formula is C29H34N6O2. The van der Waals surface area contributed by atoms with E-state index in [9.17, 15) is 9.90 Å². The molecule has 0 bridgehead atoms. The molecule has 8 heteroatoms. The molecule has 5 rings (SSSR count). The molecule has 0 spiro atoms. The Kier molecular flexibility index (Phi) is 6.70. The van der Waals surface area contributed by atoms with Gasteiger partial charge < -0.3 is 15.3 Å². The number of aromatic nitrogens is 4. The Balaban J connectivity index is 1.50. The largest absolute Gasteiger partial charge is 0.386 e. The second-order valence-electron chi connectivity index (χ2n) is 10.4. The highest BCUT2D eigenvalue weighted by Crippen LogP contribution is 2.29. The van der Waals surface area contributed by atoms with Gasteiger partial charge in [-0.05, 0) is 88.1 Å². The third-order valence-electron chi connectivity index (χ3n) is 7.13. The van der Waals surface area contributed by atoms with Crippen LogP contribution in [-0.2, 0) is 12.1 Å². The van der Waals surface area contributed by atoms with Crippen LogP contribution in [-0.4, -0.2) is 49.5 Å². The fourth-order valence-corrected chi connectivity index (χ4v) is 4.97.